The highest BCUT2D eigenvalue weighted by Crippen LogP contribution is 2.39. The van der Waals surface area contributed by atoms with Crippen molar-refractivity contribution in [3.63, 3.8) is 0 Å². The summed E-state index contributed by atoms with van der Waals surface area (Å²) in [6.07, 6.45) is 3.01. The Morgan fingerprint density at radius 1 is 1.35 bits per heavy atom. The molecular weight excluding hydrogens is 222 g/mol. The lowest BCUT2D eigenvalue weighted by Crippen LogP contribution is -2.32. The number of ether oxygens (including phenoxy) is 1. The van der Waals surface area contributed by atoms with Gasteiger partial charge in [-0.15, -0.1) is 0 Å². The summed E-state index contributed by atoms with van der Waals surface area (Å²) in [5.41, 5.74) is 0. The van der Waals surface area contributed by atoms with E-state index in [-0.39, 0.29) is 11.8 Å². The van der Waals surface area contributed by atoms with Crippen molar-refractivity contribution in [3.8, 4) is 0 Å². The molecule has 2 aliphatic rings. The van der Waals surface area contributed by atoms with E-state index in [4.69, 9.17) is 9.84 Å². The van der Waals surface area contributed by atoms with Crippen LogP contribution in [0.3, 0.4) is 0 Å². The maximum atomic E-state index is 11.8. The van der Waals surface area contributed by atoms with E-state index in [1.165, 1.54) is 12.8 Å². The van der Waals surface area contributed by atoms with E-state index in [9.17, 15) is 9.59 Å². The molecule has 2 rings (SSSR count). The van der Waals surface area contributed by atoms with E-state index in [0.29, 0.717) is 19.6 Å². The van der Waals surface area contributed by atoms with Crippen LogP contribution < -0.4 is 0 Å². The Kier molecular flexibility index (Phi) is 3.66. The van der Waals surface area contributed by atoms with Crippen LogP contribution >= 0.6 is 0 Å². The zero-order chi connectivity index (χ0) is 12.4. The summed E-state index contributed by atoms with van der Waals surface area (Å²) in [4.78, 5) is 24.0. The van der Waals surface area contributed by atoms with Gasteiger partial charge in [0.15, 0.2) is 0 Å². The Hall–Kier alpha value is -1.10. The number of rotatable bonds is 7. The first-order valence-corrected chi connectivity index (χ1v) is 6.15. The lowest BCUT2D eigenvalue weighted by molar-refractivity contribution is -0.141. The summed E-state index contributed by atoms with van der Waals surface area (Å²) in [6, 6.07) is 0. The lowest BCUT2D eigenvalue weighted by atomic mass is 10.3. The highest BCUT2D eigenvalue weighted by Gasteiger charge is 2.49. The van der Waals surface area contributed by atoms with Crippen molar-refractivity contribution in [2.45, 2.75) is 19.3 Å². The molecule has 2 saturated carbocycles. The number of carboxylic acids is 1. The molecule has 2 fully saturated rings. The highest BCUT2D eigenvalue weighted by atomic mass is 16.5. The van der Waals surface area contributed by atoms with Gasteiger partial charge in [-0.05, 0) is 25.2 Å². The molecule has 0 radical (unpaired) electrons. The number of carboxylic acid groups (broad SMARTS) is 1. The molecule has 5 heteroatoms. The predicted octanol–water partition coefficient (Wildman–Crippen LogP) is 0.592. The fourth-order valence-electron chi connectivity index (χ4n) is 1.87. The van der Waals surface area contributed by atoms with Gasteiger partial charge in [0.25, 0.3) is 0 Å². The number of likely N-dealkylation sites (N-methyl/N-ethyl adjacent to an activating group) is 1. The van der Waals surface area contributed by atoms with Gasteiger partial charge < -0.3 is 14.7 Å². The van der Waals surface area contributed by atoms with Crippen LogP contribution in [0.15, 0.2) is 0 Å². The molecule has 17 heavy (non-hydrogen) atoms. The highest BCUT2D eigenvalue weighted by molar-refractivity contribution is 5.89. The molecule has 0 spiro atoms. The van der Waals surface area contributed by atoms with Gasteiger partial charge in [-0.25, -0.2) is 0 Å². The number of amides is 1. The topological polar surface area (TPSA) is 66.8 Å². The third kappa shape index (κ3) is 3.43. The number of carbonyl (C=O) groups excluding carboxylic acids is 1. The summed E-state index contributed by atoms with van der Waals surface area (Å²) in [5, 5.41) is 8.74. The molecule has 0 bridgehead atoms. The minimum absolute atomic E-state index is 0.0626. The van der Waals surface area contributed by atoms with E-state index >= 15 is 0 Å². The van der Waals surface area contributed by atoms with Crippen LogP contribution in [0.1, 0.15) is 19.3 Å². The van der Waals surface area contributed by atoms with Crippen LogP contribution in [0.2, 0.25) is 0 Å². The standard InChI is InChI=1S/C12H19NO4/c1-13(4-5-17-7-8-2-3-8)11(14)9-6-10(9)12(15)16/h8-10H,2-7H2,1H3,(H,15,16)/t9-,10+/m0/s1. The molecule has 0 aromatic carbocycles. The smallest absolute Gasteiger partial charge is 0.307 e. The molecule has 0 aromatic heterocycles. The molecule has 0 unspecified atom stereocenters. The second-order valence-electron chi connectivity index (χ2n) is 5.07. The monoisotopic (exact) mass is 241 g/mol. The molecule has 0 saturated heterocycles. The SMILES string of the molecule is CN(CCOCC1CC1)C(=O)[C@H]1C[C@H]1C(=O)O. The average Bonchev–Trinajstić information content (AvgIpc) is 3.15. The van der Waals surface area contributed by atoms with E-state index in [0.717, 1.165) is 12.5 Å². The number of aliphatic carboxylic acids is 1. The molecule has 1 N–H and O–H groups in total. The normalized spacial score (nSPS) is 26.6. The van der Waals surface area contributed by atoms with E-state index < -0.39 is 11.9 Å². The number of carbonyl (C=O) groups is 2. The zero-order valence-corrected chi connectivity index (χ0v) is 10.1. The number of nitrogens with zero attached hydrogens (tertiary/aromatic N) is 1. The van der Waals surface area contributed by atoms with E-state index in [1.807, 2.05) is 0 Å². The van der Waals surface area contributed by atoms with Crippen molar-refractivity contribution in [2.75, 3.05) is 26.8 Å². The van der Waals surface area contributed by atoms with Crippen molar-refractivity contribution < 1.29 is 19.4 Å². The Morgan fingerprint density at radius 3 is 2.59 bits per heavy atom. The predicted molar refractivity (Wildman–Crippen MR) is 60.4 cm³/mol. The first-order chi connectivity index (χ1) is 8.09. The van der Waals surface area contributed by atoms with Gasteiger partial charge in [0, 0.05) is 20.2 Å². The summed E-state index contributed by atoms with van der Waals surface area (Å²) in [5.74, 6) is -0.955. The third-order valence-corrected chi connectivity index (χ3v) is 3.42. The van der Waals surface area contributed by atoms with Crippen molar-refractivity contribution in [1.82, 2.24) is 4.90 Å². The van der Waals surface area contributed by atoms with Gasteiger partial charge >= 0.3 is 5.97 Å². The second-order valence-corrected chi connectivity index (χ2v) is 5.07. The van der Waals surface area contributed by atoms with Crippen LogP contribution in [-0.2, 0) is 14.3 Å². The maximum Gasteiger partial charge on any atom is 0.307 e. The van der Waals surface area contributed by atoms with Gasteiger partial charge in [0.1, 0.15) is 0 Å². The van der Waals surface area contributed by atoms with Crippen molar-refractivity contribution in [3.05, 3.63) is 0 Å². The minimum atomic E-state index is -0.860. The van der Waals surface area contributed by atoms with Crippen LogP contribution in [0, 0.1) is 17.8 Å². The van der Waals surface area contributed by atoms with Crippen LogP contribution in [0.4, 0.5) is 0 Å². The summed E-state index contributed by atoms with van der Waals surface area (Å²) < 4.78 is 5.44. The molecular formula is C12H19NO4. The molecule has 5 nitrogen and oxygen atoms in total. The molecule has 2 aliphatic carbocycles. The molecule has 0 aromatic rings. The fraction of sp³-hybridized carbons (Fsp3) is 0.833. The minimum Gasteiger partial charge on any atom is -0.481 e. The third-order valence-electron chi connectivity index (χ3n) is 3.42. The van der Waals surface area contributed by atoms with E-state index in [1.54, 1.807) is 11.9 Å². The van der Waals surface area contributed by atoms with Crippen molar-refractivity contribution in [2.24, 2.45) is 17.8 Å². The summed E-state index contributed by atoms with van der Waals surface area (Å²) >= 11 is 0. The van der Waals surface area contributed by atoms with Crippen molar-refractivity contribution >= 4 is 11.9 Å². The summed E-state index contributed by atoms with van der Waals surface area (Å²) in [7, 11) is 1.71. The molecule has 1 amide bonds. The van der Waals surface area contributed by atoms with Crippen LogP contribution in [-0.4, -0.2) is 48.7 Å². The van der Waals surface area contributed by atoms with Gasteiger partial charge in [0.05, 0.1) is 18.4 Å². The van der Waals surface area contributed by atoms with Crippen LogP contribution in [0.25, 0.3) is 0 Å². The number of hydrogen-bond acceptors (Lipinski definition) is 3. The van der Waals surface area contributed by atoms with Crippen LogP contribution in [0.5, 0.6) is 0 Å². The summed E-state index contributed by atoms with van der Waals surface area (Å²) in [6.45, 7) is 1.89. The number of hydrogen-bond donors (Lipinski definition) is 1. The second kappa shape index (κ2) is 5.04. The fourth-order valence-corrected chi connectivity index (χ4v) is 1.87. The first kappa shape index (κ1) is 12.4. The van der Waals surface area contributed by atoms with Gasteiger partial charge in [-0.1, -0.05) is 0 Å². The van der Waals surface area contributed by atoms with Crippen molar-refractivity contribution in [1.29, 1.82) is 0 Å². The van der Waals surface area contributed by atoms with Gasteiger partial charge in [-0.3, -0.25) is 9.59 Å². The average molecular weight is 241 g/mol. The molecule has 0 aliphatic heterocycles. The van der Waals surface area contributed by atoms with Gasteiger partial charge in [-0.2, -0.15) is 0 Å². The largest absolute Gasteiger partial charge is 0.481 e. The Balaban J connectivity index is 1.60. The first-order valence-electron chi connectivity index (χ1n) is 6.15. The Labute approximate surface area is 101 Å². The lowest BCUT2D eigenvalue weighted by Gasteiger charge is -2.16. The molecule has 96 valence electrons. The van der Waals surface area contributed by atoms with E-state index in [2.05, 4.69) is 0 Å². The Morgan fingerprint density at radius 2 is 2.06 bits per heavy atom. The zero-order valence-electron chi connectivity index (χ0n) is 10.1. The van der Waals surface area contributed by atoms with Gasteiger partial charge in [0.2, 0.25) is 5.91 Å². The Bertz CT molecular complexity index is 314. The maximum absolute atomic E-state index is 11.8. The molecule has 2 atom stereocenters. The quantitative estimate of drug-likeness (QED) is 0.662. The molecule has 0 heterocycles.